The number of esters is 4. The van der Waals surface area contributed by atoms with Gasteiger partial charge < -0.3 is 33.8 Å². The van der Waals surface area contributed by atoms with Crippen molar-refractivity contribution in [2.45, 2.75) is 426 Å². The second-order valence-electron chi connectivity index (χ2n) is 29.1. The number of hydrogen-bond acceptors (Lipinski definition) is 15. The van der Waals surface area contributed by atoms with E-state index in [2.05, 4.69) is 41.5 Å². The molecule has 0 aromatic carbocycles. The van der Waals surface area contributed by atoms with Gasteiger partial charge in [-0.15, -0.1) is 0 Å². The third-order valence-corrected chi connectivity index (χ3v) is 20.1. The molecule has 17 nitrogen and oxygen atoms in total. The minimum Gasteiger partial charge on any atom is -0.462 e. The molecule has 0 radical (unpaired) electrons. The topological polar surface area (TPSA) is 237 Å². The van der Waals surface area contributed by atoms with Gasteiger partial charge in [-0.25, -0.2) is 9.13 Å². The molecule has 5 atom stereocenters. The monoisotopic (exact) mass is 1420 g/mol. The van der Waals surface area contributed by atoms with E-state index < -0.39 is 97.5 Å². The van der Waals surface area contributed by atoms with Crippen molar-refractivity contribution in [3.05, 3.63) is 0 Å². The van der Waals surface area contributed by atoms with E-state index in [1.165, 1.54) is 218 Å². The SMILES string of the molecule is CCCCCCCCCCCCCCCCCCCCCCC(=O)O[C@H](COC(=O)CCCCCCCCCCCCCCC(C)C)COP(=O)(O)OC[C@@H](O)COP(=O)(O)OC[C@@H](COC(=O)CCCCCCCCCC)OC(=O)CCCCCCCCCCCCCC(C)C. The highest BCUT2D eigenvalue weighted by Gasteiger charge is 2.30. The Morgan fingerprint density at radius 1 is 0.278 bits per heavy atom. The standard InChI is InChI=1S/C78H152O17P2/c1-7-9-11-13-15-17-18-19-20-21-22-23-24-25-26-33-38-44-50-56-62-77(82)95-74(67-89-76(81)61-55-49-43-37-32-28-27-30-35-40-46-52-58-70(3)4)69-93-97(86,87)91-65-72(79)64-90-96(84,85)92-68-73(66-88-75(80)60-54-48-42-16-14-12-10-8-2)94-78(83)63-57-51-45-39-34-29-31-36-41-47-53-59-71(5)6/h70-74,79H,7-69H2,1-6H3,(H,84,85)(H,86,87)/t72-,73+,74+/m0/s1. The fraction of sp³-hybridized carbons (Fsp3) is 0.949. The Morgan fingerprint density at radius 3 is 0.701 bits per heavy atom. The Kier molecular flexibility index (Phi) is 68.4. The lowest BCUT2D eigenvalue weighted by molar-refractivity contribution is -0.161. The molecule has 0 spiro atoms. The van der Waals surface area contributed by atoms with Gasteiger partial charge in [-0.1, -0.05) is 356 Å². The van der Waals surface area contributed by atoms with Crippen LogP contribution in [-0.4, -0.2) is 96.7 Å². The molecular formula is C78H152O17P2. The summed E-state index contributed by atoms with van der Waals surface area (Å²) in [5.74, 6) is -0.568. The van der Waals surface area contributed by atoms with E-state index in [1.807, 2.05) is 0 Å². The van der Waals surface area contributed by atoms with E-state index in [4.69, 9.17) is 37.0 Å². The van der Waals surface area contributed by atoms with E-state index in [0.29, 0.717) is 25.7 Å². The molecule has 0 aromatic heterocycles. The molecule has 0 saturated carbocycles. The lowest BCUT2D eigenvalue weighted by Crippen LogP contribution is -2.30. The van der Waals surface area contributed by atoms with Crippen LogP contribution < -0.4 is 0 Å². The number of phosphoric ester groups is 2. The summed E-state index contributed by atoms with van der Waals surface area (Å²) in [7, 11) is -9.91. The van der Waals surface area contributed by atoms with Crippen molar-refractivity contribution in [2.75, 3.05) is 39.6 Å². The van der Waals surface area contributed by atoms with E-state index >= 15 is 0 Å². The molecule has 2 unspecified atom stereocenters. The zero-order valence-corrected chi connectivity index (χ0v) is 65.2. The maximum atomic E-state index is 13.1. The third-order valence-electron chi connectivity index (χ3n) is 18.2. The lowest BCUT2D eigenvalue weighted by atomic mass is 10.0. The van der Waals surface area contributed by atoms with Crippen LogP contribution >= 0.6 is 15.6 Å². The minimum absolute atomic E-state index is 0.106. The van der Waals surface area contributed by atoms with Crippen LogP contribution in [0.5, 0.6) is 0 Å². The summed E-state index contributed by atoms with van der Waals surface area (Å²) in [5, 5.41) is 10.6. The fourth-order valence-corrected chi connectivity index (χ4v) is 13.6. The number of rotatable bonds is 77. The molecule has 0 heterocycles. The van der Waals surface area contributed by atoms with E-state index in [1.54, 1.807) is 0 Å². The summed E-state index contributed by atoms with van der Waals surface area (Å²) in [4.78, 5) is 72.8. The molecule has 0 amide bonds. The third kappa shape index (κ3) is 72.2. The van der Waals surface area contributed by atoms with E-state index in [9.17, 15) is 43.2 Å². The molecule has 19 heteroatoms. The molecule has 0 aromatic rings. The smallest absolute Gasteiger partial charge is 0.462 e. The van der Waals surface area contributed by atoms with Crippen LogP contribution in [0.1, 0.15) is 408 Å². The van der Waals surface area contributed by atoms with Gasteiger partial charge in [0.15, 0.2) is 12.2 Å². The number of ether oxygens (including phenoxy) is 4. The highest BCUT2D eigenvalue weighted by Crippen LogP contribution is 2.45. The largest absolute Gasteiger partial charge is 0.472 e. The fourth-order valence-electron chi connectivity index (χ4n) is 12.0. The van der Waals surface area contributed by atoms with Crippen LogP contribution in [0, 0.1) is 11.8 Å². The highest BCUT2D eigenvalue weighted by atomic mass is 31.2. The first-order chi connectivity index (χ1) is 46.9. The van der Waals surface area contributed by atoms with Crippen molar-refractivity contribution >= 4 is 39.5 Å². The Morgan fingerprint density at radius 2 is 0.474 bits per heavy atom. The quantitative estimate of drug-likeness (QED) is 0.0222. The molecule has 0 aliphatic carbocycles. The molecule has 0 aliphatic rings. The van der Waals surface area contributed by atoms with Gasteiger partial charge in [-0.3, -0.25) is 37.3 Å². The highest BCUT2D eigenvalue weighted by molar-refractivity contribution is 7.47. The molecule has 576 valence electrons. The van der Waals surface area contributed by atoms with Crippen LogP contribution in [-0.2, 0) is 65.4 Å². The lowest BCUT2D eigenvalue weighted by Gasteiger charge is -2.21. The first-order valence-electron chi connectivity index (χ1n) is 40.5. The van der Waals surface area contributed by atoms with Crippen molar-refractivity contribution in [3.63, 3.8) is 0 Å². The summed E-state index contributed by atoms with van der Waals surface area (Å²) in [5.41, 5.74) is 0. The number of aliphatic hydroxyl groups is 1. The van der Waals surface area contributed by atoms with Crippen molar-refractivity contribution < 1.29 is 80.2 Å². The van der Waals surface area contributed by atoms with Crippen molar-refractivity contribution in [3.8, 4) is 0 Å². The van der Waals surface area contributed by atoms with Crippen molar-refractivity contribution in [2.24, 2.45) is 11.8 Å². The number of phosphoric acid groups is 2. The average Bonchev–Trinajstić information content (AvgIpc) is 1.41. The molecule has 0 rings (SSSR count). The maximum absolute atomic E-state index is 13.1. The van der Waals surface area contributed by atoms with Gasteiger partial charge >= 0.3 is 39.5 Å². The number of carbonyl (C=O) groups excluding carboxylic acids is 4. The Balaban J connectivity index is 5.20. The number of carbonyl (C=O) groups is 4. The van der Waals surface area contributed by atoms with Crippen LogP contribution in [0.2, 0.25) is 0 Å². The summed E-state index contributed by atoms with van der Waals surface area (Å²) in [6, 6.07) is 0. The van der Waals surface area contributed by atoms with Crippen molar-refractivity contribution in [1.29, 1.82) is 0 Å². The number of hydrogen-bond donors (Lipinski definition) is 3. The van der Waals surface area contributed by atoms with Crippen molar-refractivity contribution in [1.82, 2.24) is 0 Å². The first kappa shape index (κ1) is 95.1. The Hall–Kier alpha value is -1.94. The van der Waals surface area contributed by atoms with Gasteiger partial charge in [-0.05, 0) is 37.5 Å². The van der Waals surface area contributed by atoms with Crippen LogP contribution in [0.3, 0.4) is 0 Å². The minimum atomic E-state index is -4.96. The molecule has 0 fully saturated rings. The van der Waals surface area contributed by atoms with E-state index in [-0.39, 0.29) is 25.7 Å². The van der Waals surface area contributed by atoms with Gasteiger partial charge in [-0.2, -0.15) is 0 Å². The van der Waals surface area contributed by atoms with Gasteiger partial charge in [0.1, 0.15) is 19.3 Å². The first-order valence-corrected chi connectivity index (χ1v) is 43.5. The average molecular weight is 1420 g/mol. The number of unbranched alkanes of at least 4 members (excludes halogenated alkanes) is 47. The molecule has 0 bridgehead atoms. The van der Waals surface area contributed by atoms with Crippen LogP contribution in [0.25, 0.3) is 0 Å². The van der Waals surface area contributed by atoms with Gasteiger partial charge in [0.2, 0.25) is 0 Å². The zero-order valence-electron chi connectivity index (χ0n) is 63.4. The molecule has 0 aliphatic heterocycles. The normalized spacial score (nSPS) is 14.0. The van der Waals surface area contributed by atoms with Crippen LogP contribution in [0.4, 0.5) is 0 Å². The summed E-state index contributed by atoms with van der Waals surface area (Å²) in [6.07, 6.45) is 58.4. The zero-order chi connectivity index (χ0) is 71.4. The second-order valence-corrected chi connectivity index (χ2v) is 32.0. The summed E-state index contributed by atoms with van der Waals surface area (Å²) in [6.45, 7) is 9.60. The number of aliphatic hydroxyl groups excluding tert-OH is 1. The predicted octanol–water partition coefficient (Wildman–Crippen LogP) is 23.1. The molecular weight excluding hydrogens is 1270 g/mol. The summed E-state index contributed by atoms with van der Waals surface area (Å²) < 4.78 is 68.5. The second kappa shape index (κ2) is 69.8. The molecule has 3 N–H and O–H groups in total. The molecule has 0 saturated heterocycles. The van der Waals surface area contributed by atoms with Crippen LogP contribution in [0.15, 0.2) is 0 Å². The van der Waals surface area contributed by atoms with Gasteiger partial charge in [0.25, 0.3) is 0 Å². The maximum Gasteiger partial charge on any atom is 0.472 e. The van der Waals surface area contributed by atoms with E-state index in [0.717, 1.165) is 108 Å². The summed E-state index contributed by atoms with van der Waals surface area (Å²) >= 11 is 0. The molecule has 97 heavy (non-hydrogen) atoms. The predicted molar refractivity (Wildman–Crippen MR) is 395 cm³/mol. The van der Waals surface area contributed by atoms with Gasteiger partial charge in [0, 0.05) is 25.7 Å². The van der Waals surface area contributed by atoms with Gasteiger partial charge in [0.05, 0.1) is 26.4 Å². The Bertz CT molecular complexity index is 1870. The Labute approximate surface area is 594 Å².